The van der Waals surface area contributed by atoms with E-state index in [1.165, 1.54) is 12.1 Å². The normalized spacial score (nSPS) is 9.07. The summed E-state index contributed by atoms with van der Waals surface area (Å²) < 4.78 is 0. The molecular weight excluding hydrogens is 188 g/mol. The van der Waals surface area contributed by atoms with Gasteiger partial charge in [0.2, 0.25) is 0 Å². The van der Waals surface area contributed by atoms with Gasteiger partial charge in [0.25, 0.3) is 0 Å². The molecule has 7 heteroatoms. The van der Waals surface area contributed by atoms with E-state index in [0.29, 0.717) is 0 Å². The highest BCUT2D eigenvalue weighted by Gasteiger charge is 1.98. The van der Waals surface area contributed by atoms with Gasteiger partial charge >= 0.3 is 5.97 Å². The number of carboxylic acid groups (broad SMARTS) is 1. The Morgan fingerprint density at radius 3 is 2.93 bits per heavy atom. The van der Waals surface area contributed by atoms with Crippen molar-refractivity contribution in [2.24, 2.45) is 0 Å². The van der Waals surface area contributed by atoms with Crippen LogP contribution in [0.5, 0.6) is 0 Å². The Morgan fingerprint density at radius 1 is 1.64 bits per heavy atom. The van der Waals surface area contributed by atoms with Gasteiger partial charge in [-0.1, -0.05) is 0 Å². The van der Waals surface area contributed by atoms with Crippen LogP contribution in [0.1, 0.15) is 5.69 Å². The Labute approximate surface area is 78.9 Å². The topological polar surface area (TPSA) is 108 Å². The molecule has 0 aliphatic carbocycles. The molecule has 0 aliphatic heterocycles. The smallest absolute Gasteiger partial charge is 0.332 e. The van der Waals surface area contributed by atoms with Crippen LogP contribution in [-0.4, -0.2) is 27.9 Å². The molecule has 0 amide bonds. The third kappa shape index (κ3) is 3.04. The number of nitriles is 1. The molecule has 2 N–H and O–H groups in total. The summed E-state index contributed by atoms with van der Waals surface area (Å²) >= 11 is 0. The SMILES string of the molecule is N#Cc1ccc(NOCC(=O)O)nn1. The van der Waals surface area contributed by atoms with E-state index >= 15 is 0 Å². The van der Waals surface area contributed by atoms with Crippen LogP contribution in [0, 0.1) is 11.3 Å². The second-order valence-corrected chi connectivity index (χ2v) is 2.20. The average Bonchev–Trinajstić information content (AvgIpc) is 2.18. The Hall–Kier alpha value is -2.20. The van der Waals surface area contributed by atoms with Crippen LogP contribution >= 0.6 is 0 Å². The number of rotatable bonds is 4. The fourth-order valence-electron chi connectivity index (χ4n) is 0.618. The molecule has 0 bridgehead atoms. The summed E-state index contributed by atoms with van der Waals surface area (Å²) in [5, 5.41) is 23.7. The van der Waals surface area contributed by atoms with Crippen molar-refractivity contribution >= 4 is 11.8 Å². The maximum Gasteiger partial charge on any atom is 0.332 e. The standard InChI is InChI=1S/C7H6N4O3/c8-3-5-1-2-6(10-9-5)11-14-4-7(12)13/h1-2H,4H2,(H,10,11)(H,12,13). The molecule has 0 spiro atoms. The lowest BCUT2D eigenvalue weighted by atomic mass is 10.4. The summed E-state index contributed by atoms with van der Waals surface area (Å²) in [4.78, 5) is 14.6. The highest BCUT2D eigenvalue weighted by molar-refractivity contribution is 5.68. The first-order chi connectivity index (χ1) is 6.72. The third-order valence-electron chi connectivity index (χ3n) is 1.15. The number of nitrogens with zero attached hydrogens (tertiary/aromatic N) is 3. The molecule has 14 heavy (non-hydrogen) atoms. The van der Waals surface area contributed by atoms with Gasteiger partial charge in [-0.3, -0.25) is 4.84 Å². The van der Waals surface area contributed by atoms with Crippen LogP contribution in [0.2, 0.25) is 0 Å². The van der Waals surface area contributed by atoms with Crippen LogP contribution < -0.4 is 5.48 Å². The molecule has 0 saturated carbocycles. The number of hydrogen-bond acceptors (Lipinski definition) is 6. The molecule has 7 nitrogen and oxygen atoms in total. The summed E-state index contributed by atoms with van der Waals surface area (Å²) in [6.45, 7) is -0.484. The van der Waals surface area contributed by atoms with Gasteiger partial charge < -0.3 is 5.11 Å². The predicted octanol–water partition coefficient (Wildman–Crippen LogP) is -0.224. The quantitative estimate of drug-likeness (QED) is 0.637. The number of nitrogens with one attached hydrogen (secondary N) is 1. The highest BCUT2D eigenvalue weighted by Crippen LogP contribution is 2.00. The molecular formula is C7H6N4O3. The van der Waals surface area contributed by atoms with Crippen LogP contribution in [0.15, 0.2) is 12.1 Å². The summed E-state index contributed by atoms with van der Waals surface area (Å²) in [6, 6.07) is 4.67. The summed E-state index contributed by atoms with van der Waals surface area (Å²) in [5.41, 5.74) is 2.44. The summed E-state index contributed by atoms with van der Waals surface area (Å²) in [6.07, 6.45) is 0. The Bertz CT molecular complexity index is 356. The molecule has 0 aromatic carbocycles. The lowest BCUT2D eigenvalue weighted by Crippen LogP contribution is -2.12. The number of hydrogen-bond donors (Lipinski definition) is 2. The van der Waals surface area contributed by atoms with Gasteiger partial charge in [0.05, 0.1) is 0 Å². The Balaban J connectivity index is 2.45. The Kier molecular flexibility index (Phi) is 3.34. The van der Waals surface area contributed by atoms with Crippen molar-refractivity contribution in [3.8, 4) is 6.07 Å². The van der Waals surface area contributed by atoms with Gasteiger partial charge in [-0.05, 0) is 12.1 Å². The first-order valence-corrected chi connectivity index (χ1v) is 3.56. The van der Waals surface area contributed by atoms with Gasteiger partial charge in [0.15, 0.2) is 18.1 Å². The summed E-state index contributed by atoms with van der Waals surface area (Å²) in [5.74, 6) is -0.857. The van der Waals surface area contributed by atoms with Crippen LogP contribution in [-0.2, 0) is 9.63 Å². The van der Waals surface area contributed by atoms with Gasteiger partial charge in [-0.25, -0.2) is 10.3 Å². The number of anilines is 1. The van der Waals surface area contributed by atoms with Gasteiger partial charge in [0.1, 0.15) is 6.07 Å². The zero-order valence-corrected chi connectivity index (χ0v) is 6.97. The van der Waals surface area contributed by atoms with Crippen LogP contribution in [0.3, 0.4) is 0 Å². The van der Waals surface area contributed by atoms with Crippen molar-refractivity contribution in [3.63, 3.8) is 0 Å². The molecule has 0 aliphatic rings. The molecule has 0 saturated heterocycles. The van der Waals surface area contributed by atoms with E-state index in [2.05, 4.69) is 20.5 Å². The second kappa shape index (κ2) is 4.74. The van der Waals surface area contributed by atoms with Crippen molar-refractivity contribution in [1.29, 1.82) is 5.26 Å². The molecule has 1 aromatic rings. The lowest BCUT2D eigenvalue weighted by molar-refractivity contribution is -0.141. The van der Waals surface area contributed by atoms with Gasteiger partial charge in [-0.2, -0.15) is 5.26 Å². The number of aromatic nitrogens is 2. The zero-order valence-electron chi connectivity index (χ0n) is 6.97. The number of aliphatic carboxylic acids is 1. The van der Waals surface area contributed by atoms with E-state index in [0.717, 1.165) is 0 Å². The largest absolute Gasteiger partial charge is 0.479 e. The van der Waals surface area contributed by atoms with Gasteiger partial charge in [-0.15, -0.1) is 10.2 Å². The molecule has 72 valence electrons. The van der Waals surface area contributed by atoms with Crippen molar-refractivity contribution in [3.05, 3.63) is 17.8 Å². The molecule has 0 radical (unpaired) electrons. The van der Waals surface area contributed by atoms with E-state index in [1.807, 2.05) is 0 Å². The van der Waals surface area contributed by atoms with Crippen molar-refractivity contribution in [2.75, 3.05) is 12.1 Å². The number of carbonyl (C=O) groups is 1. The maximum absolute atomic E-state index is 10.0. The van der Waals surface area contributed by atoms with Crippen LogP contribution in [0.25, 0.3) is 0 Å². The van der Waals surface area contributed by atoms with Gasteiger partial charge in [0, 0.05) is 0 Å². The number of carboxylic acids is 1. The van der Waals surface area contributed by atoms with Crippen molar-refractivity contribution in [2.45, 2.75) is 0 Å². The second-order valence-electron chi connectivity index (χ2n) is 2.20. The first-order valence-electron chi connectivity index (χ1n) is 3.56. The fourth-order valence-corrected chi connectivity index (χ4v) is 0.618. The zero-order chi connectivity index (χ0) is 10.4. The third-order valence-corrected chi connectivity index (χ3v) is 1.15. The minimum atomic E-state index is -1.10. The van der Waals surface area contributed by atoms with E-state index < -0.39 is 12.6 Å². The average molecular weight is 194 g/mol. The molecule has 0 fully saturated rings. The molecule has 1 heterocycles. The predicted molar refractivity (Wildman–Crippen MR) is 44.0 cm³/mol. The minimum Gasteiger partial charge on any atom is -0.479 e. The fraction of sp³-hybridized carbons (Fsp3) is 0.143. The molecule has 0 unspecified atom stereocenters. The van der Waals surface area contributed by atoms with Crippen molar-refractivity contribution in [1.82, 2.24) is 10.2 Å². The van der Waals surface area contributed by atoms with E-state index in [9.17, 15) is 4.79 Å². The van der Waals surface area contributed by atoms with E-state index in [-0.39, 0.29) is 11.5 Å². The highest BCUT2D eigenvalue weighted by atomic mass is 16.7. The molecule has 0 atom stereocenters. The lowest BCUT2D eigenvalue weighted by Gasteiger charge is -2.01. The summed E-state index contributed by atoms with van der Waals surface area (Å²) in [7, 11) is 0. The first kappa shape index (κ1) is 9.88. The van der Waals surface area contributed by atoms with E-state index in [1.54, 1.807) is 6.07 Å². The molecule has 1 aromatic heterocycles. The van der Waals surface area contributed by atoms with Crippen LogP contribution in [0.4, 0.5) is 5.82 Å². The monoisotopic (exact) mass is 194 g/mol. The van der Waals surface area contributed by atoms with Crippen molar-refractivity contribution < 1.29 is 14.7 Å². The minimum absolute atomic E-state index is 0.175. The Morgan fingerprint density at radius 2 is 2.43 bits per heavy atom. The van der Waals surface area contributed by atoms with E-state index in [4.69, 9.17) is 10.4 Å². The molecule has 1 rings (SSSR count). The maximum atomic E-state index is 10.0.